The van der Waals surface area contributed by atoms with Crippen molar-refractivity contribution in [3.63, 3.8) is 0 Å². The van der Waals surface area contributed by atoms with Crippen LogP contribution in [-0.4, -0.2) is 39.3 Å². The molecule has 0 saturated carbocycles. The van der Waals surface area contributed by atoms with Gasteiger partial charge in [0.2, 0.25) is 0 Å². The summed E-state index contributed by atoms with van der Waals surface area (Å²) < 4.78 is 10.5. The fourth-order valence-corrected chi connectivity index (χ4v) is 3.04. The minimum atomic E-state index is -0.451. The lowest BCUT2D eigenvalue weighted by Crippen LogP contribution is -2.36. The average molecular weight is 377 g/mol. The molecule has 2 aromatic carbocycles. The average Bonchev–Trinajstić information content (AvgIpc) is 2.73. The molecule has 144 valence electrons. The lowest BCUT2D eigenvalue weighted by molar-refractivity contribution is -0.112. The molecule has 1 N–H and O–H groups in total. The summed E-state index contributed by atoms with van der Waals surface area (Å²) in [4.78, 5) is 14.8. The molecule has 0 aliphatic carbocycles. The molecule has 1 amide bonds. The van der Waals surface area contributed by atoms with Crippen LogP contribution < -0.4 is 15.0 Å². The second-order valence-corrected chi connectivity index (χ2v) is 6.50. The quantitative estimate of drug-likeness (QED) is 0.639. The van der Waals surface area contributed by atoms with Gasteiger partial charge in [-0.05, 0) is 48.4 Å². The minimum absolute atomic E-state index is 0.0463. The number of nitriles is 1. The van der Waals surface area contributed by atoms with Gasteiger partial charge < -0.3 is 19.7 Å². The monoisotopic (exact) mass is 377 g/mol. The molecular weight excluding hydrogens is 354 g/mol. The zero-order valence-electron chi connectivity index (χ0n) is 16.1. The summed E-state index contributed by atoms with van der Waals surface area (Å²) in [7, 11) is 1.56. The van der Waals surface area contributed by atoms with Crippen LogP contribution >= 0.6 is 0 Å². The lowest BCUT2D eigenvalue weighted by Gasteiger charge is -2.29. The summed E-state index contributed by atoms with van der Waals surface area (Å²) in [6.07, 6.45) is 1.62. The lowest BCUT2D eigenvalue weighted by atomic mass is 10.0. The second kappa shape index (κ2) is 9.07. The number of carbonyl (C=O) groups excluding carboxylic acids is 1. The number of hydrogen-bond acceptors (Lipinski definition) is 5. The van der Waals surface area contributed by atoms with E-state index in [9.17, 15) is 10.1 Å². The first kappa shape index (κ1) is 19.5. The number of nitrogens with zero attached hydrogens (tertiary/aromatic N) is 2. The van der Waals surface area contributed by atoms with E-state index >= 15 is 0 Å². The van der Waals surface area contributed by atoms with Gasteiger partial charge in [-0.15, -0.1) is 0 Å². The number of morpholine rings is 1. The number of amides is 1. The first-order chi connectivity index (χ1) is 13.6. The number of anilines is 2. The third-order valence-corrected chi connectivity index (χ3v) is 4.62. The van der Waals surface area contributed by atoms with Crippen molar-refractivity contribution in [3.05, 3.63) is 59.2 Å². The van der Waals surface area contributed by atoms with Crippen molar-refractivity contribution in [1.82, 2.24) is 0 Å². The van der Waals surface area contributed by atoms with Crippen LogP contribution in [0.1, 0.15) is 11.1 Å². The van der Waals surface area contributed by atoms with Gasteiger partial charge in [0.25, 0.3) is 5.91 Å². The van der Waals surface area contributed by atoms with Crippen LogP contribution in [0, 0.1) is 18.3 Å². The molecule has 1 aliphatic heterocycles. The van der Waals surface area contributed by atoms with Gasteiger partial charge in [0.05, 0.1) is 20.3 Å². The zero-order valence-corrected chi connectivity index (χ0v) is 16.1. The summed E-state index contributed by atoms with van der Waals surface area (Å²) in [5, 5.41) is 12.2. The highest BCUT2D eigenvalue weighted by Gasteiger charge is 2.14. The van der Waals surface area contributed by atoms with Gasteiger partial charge >= 0.3 is 0 Å². The third-order valence-electron chi connectivity index (χ3n) is 4.62. The van der Waals surface area contributed by atoms with E-state index in [2.05, 4.69) is 16.3 Å². The number of aryl methyl sites for hydroxylation is 1. The standard InChI is InChI=1S/C22H23N3O3/c1-16-12-20(25-8-10-28-11-9-25)7-6-17(16)13-18(15-23)22(26)24-19-4-3-5-21(14-19)27-2/h3-7,12-14H,8-11H2,1-2H3,(H,24,26)/b18-13-. The normalized spacial score (nSPS) is 14.3. The molecular formula is C22H23N3O3. The molecule has 0 bridgehead atoms. The fourth-order valence-electron chi connectivity index (χ4n) is 3.04. The highest BCUT2D eigenvalue weighted by molar-refractivity contribution is 6.09. The third kappa shape index (κ3) is 4.70. The highest BCUT2D eigenvalue weighted by atomic mass is 16.5. The van der Waals surface area contributed by atoms with E-state index in [1.54, 1.807) is 37.5 Å². The van der Waals surface area contributed by atoms with Crippen molar-refractivity contribution < 1.29 is 14.3 Å². The van der Waals surface area contributed by atoms with Crippen LogP contribution in [0.2, 0.25) is 0 Å². The molecule has 1 aliphatic rings. The van der Waals surface area contributed by atoms with Crippen molar-refractivity contribution in [2.45, 2.75) is 6.92 Å². The van der Waals surface area contributed by atoms with Crippen molar-refractivity contribution in [2.24, 2.45) is 0 Å². The smallest absolute Gasteiger partial charge is 0.266 e. The Bertz CT molecular complexity index is 925. The summed E-state index contributed by atoms with van der Waals surface area (Å²) in [5.41, 5.74) is 3.59. The topological polar surface area (TPSA) is 74.6 Å². The molecule has 0 radical (unpaired) electrons. The van der Waals surface area contributed by atoms with Crippen LogP contribution in [-0.2, 0) is 9.53 Å². The van der Waals surface area contributed by atoms with E-state index in [-0.39, 0.29) is 5.57 Å². The molecule has 1 fully saturated rings. The van der Waals surface area contributed by atoms with Gasteiger partial charge in [-0.1, -0.05) is 12.1 Å². The van der Waals surface area contributed by atoms with Crippen molar-refractivity contribution >= 4 is 23.4 Å². The molecule has 6 heteroatoms. The van der Waals surface area contributed by atoms with Crippen LogP contribution in [0.5, 0.6) is 5.75 Å². The van der Waals surface area contributed by atoms with Crippen LogP contribution in [0.15, 0.2) is 48.0 Å². The van der Waals surface area contributed by atoms with Crippen LogP contribution in [0.25, 0.3) is 6.08 Å². The Morgan fingerprint density at radius 1 is 1.25 bits per heavy atom. The first-order valence-electron chi connectivity index (χ1n) is 9.11. The molecule has 1 saturated heterocycles. The number of rotatable bonds is 5. The number of benzene rings is 2. The molecule has 0 unspecified atom stereocenters. The maximum absolute atomic E-state index is 12.5. The Hall–Kier alpha value is -3.30. The van der Waals surface area contributed by atoms with E-state index in [0.717, 1.165) is 43.1 Å². The predicted molar refractivity (Wildman–Crippen MR) is 109 cm³/mol. The van der Waals surface area contributed by atoms with Crippen molar-refractivity contribution in [2.75, 3.05) is 43.6 Å². The summed E-state index contributed by atoms with van der Waals surface area (Å²) >= 11 is 0. The van der Waals surface area contributed by atoms with E-state index in [4.69, 9.17) is 9.47 Å². The fraction of sp³-hybridized carbons (Fsp3) is 0.273. The maximum Gasteiger partial charge on any atom is 0.266 e. The molecule has 3 rings (SSSR count). The number of ether oxygens (including phenoxy) is 2. The number of carbonyl (C=O) groups is 1. The SMILES string of the molecule is COc1cccc(NC(=O)/C(C#N)=C\c2ccc(N3CCOCC3)cc2C)c1. The van der Waals surface area contributed by atoms with E-state index < -0.39 is 5.91 Å². The van der Waals surface area contributed by atoms with Gasteiger partial charge in [-0.25, -0.2) is 0 Å². The van der Waals surface area contributed by atoms with Gasteiger partial charge in [0.1, 0.15) is 17.4 Å². The van der Waals surface area contributed by atoms with E-state index in [1.807, 2.05) is 25.1 Å². The number of methoxy groups -OCH3 is 1. The van der Waals surface area contributed by atoms with Crippen molar-refractivity contribution in [1.29, 1.82) is 5.26 Å². The Kier molecular flexibility index (Phi) is 6.30. The minimum Gasteiger partial charge on any atom is -0.497 e. The van der Waals surface area contributed by atoms with Gasteiger partial charge in [0, 0.05) is 30.5 Å². The van der Waals surface area contributed by atoms with Crippen molar-refractivity contribution in [3.8, 4) is 11.8 Å². The predicted octanol–water partition coefficient (Wildman–Crippen LogP) is 3.39. The molecule has 28 heavy (non-hydrogen) atoms. The first-order valence-corrected chi connectivity index (χ1v) is 9.11. The largest absolute Gasteiger partial charge is 0.497 e. The Balaban J connectivity index is 1.77. The molecule has 0 spiro atoms. The van der Waals surface area contributed by atoms with Gasteiger partial charge in [-0.3, -0.25) is 4.79 Å². The Morgan fingerprint density at radius 2 is 2.04 bits per heavy atom. The van der Waals surface area contributed by atoms with E-state index in [0.29, 0.717) is 11.4 Å². The molecule has 6 nitrogen and oxygen atoms in total. The number of hydrogen-bond donors (Lipinski definition) is 1. The highest BCUT2D eigenvalue weighted by Crippen LogP contribution is 2.23. The molecule has 2 aromatic rings. The zero-order chi connectivity index (χ0) is 19.9. The van der Waals surface area contributed by atoms with Gasteiger partial charge in [0.15, 0.2) is 0 Å². The molecule has 1 heterocycles. The summed E-state index contributed by atoms with van der Waals surface area (Å²) in [6, 6.07) is 15.0. The molecule has 0 atom stereocenters. The second-order valence-electron chi connectivity index (χ2n) is 6.50. The Labute approximate surface area is 165 Å². The summed E-state index contributed by atoms with van der Waals surface area (Å²) in [5.74, 6) is 0.183. The molecule has 0 aromatic heterocycles. The Morgan fingerprint density at radius 3 is 2.71 bits per heavy atom. The van der Waals surface area contributed by atoms with Crippen LogP contribution in [0.4, 0.5) is 11.4 Å². The number of nitrogens with one attached hydrogen (secondary N) is 1. The van der Waals surface area contributed by atoms with Crippen LogP contribution in [0.3, 0.4) is 0 Å². The maximum atomic E-state index is 12.5. The summed E-state index contributed by atoms with van der Waals surface area (Å²) in [6.45, 7) is 5.15. The van der Waals surface area contributed by atoms with Gasteiger partial charge in [-0.2, -0.15) is 5.26 Å². The van der Waals surface area contributed by atoms with E-state index in [1.165, 1.54) is 0 Å².